The van der Waals surface area contributed by atoms with Crippen molar-refractivity contribution >= 4 is 5.91 Å². The minimum atomic E-state index is 0.121. The lowest BCUT2D eigenvalue weighted by atomic mass is 10.0. The van der Waals surface area contributed by atoms with E-state index in [4.69, 9.17) is 5.73 Å². The summed E-state index contributed by atoms with van der Waals surface area (Å²) in [6.45, 7) is 8.08. The molecule has 0 bridgehead atoms. The maximum absolute atomic E-state index is 11.9. The van der Waals surface area contributed by atoms with Crippen molar-refractivity contribution in [3.05, 3.63) is 0 Å². The van der Waals surface area contributed by atoms with E-state index in [-0.39, 0.29) is 23.9 Å². The summed E-state index contributed by atoms with van der Waals surface area (Å²) in [5, 5.41) is 0. The molecule has 15 heavy (non-hydrogen) atoms. The van der Waals surface area contributed by atoms with Gasteiger partial charge >= 0.3 is 0 Å². The Morgan fingerprint density at radius 2 is 1.73 bits per heavy atom. The molecule has 0 heterocycles. The summed E-state index contributed by atoms with van der Waals surface area (Å²) in [4.78, 5) is 13.7. The molecule has 2 N–H and O–H groups in total. The molecule has 0 spiro atoms. The molecule has 0 aliphatic carbocycles. The zero-order valence-corrected chi connectivity index (χ0v) is 10.8. The summed E-state index contributed by atoms with van der Waals surface area (Å²) in [6.07, 6.45) is 2.98. The molecular formula is C12H26N2O. The number of nitrogens with two attached hydrogens (primary N) is 1. The van der Waals surface area contributed by atoms with E-state index in [1.807, 2.05) is 39.6 Å². The third-order valence-electron chi connectivity index (χ3n) is 2.84. The Morgan fingerprint density at radius 1 is 1.20 bits per heavy atom. The summed E-state index contributed by atoms with van der Waals surface area (Å²) < 4.78 is 0. The van der Waals surface area contributed by atoms with E-state index in [1.54, 1.807) is 0 Å². The minimum absolute atomic E-state index is 0.121. The third kappa shape index (κ3) is 5.78. The number of amides is 1. The second-order valence-corrected chi connectivity index (χ2v) is 4.85. The summed E-state index contributed by atoms with van der Waals surface area (Å²) in [5.74, 6) is 0.367. The number of carbonyl (C=O) groups is 1. The lowest BCUT2D eigenvalue weighted by Crippen LogP contribution is -2.36. The highest BCUT2D eigenvalue weighted by atomic mass is 16.2. The van der Waals surface area contributed by atoms with Crippen LogP contribution in [0.25, 0.3) is 0 Å². The van der Waals surface area contributed by atoms with Crippen LogP contribution >= 0.6 is 0 Å². The Kier molecular flexibility index (Phi) is 6.57. The highest BCUT2D eigenvalue weighted by Gasteiger charge is 2.18. The van der Waals surface area contributed by atoms with E-state index >= 15 is 0 Å². The number of hydrogen-bond acceptors (Lipinski definition) is 2. The molecule has 1 amide bonds. The molecule has 0 radical (unpaired) electrons. The van der Waals surface area contributed by atoms with Gasteiger partial charge in [-0.3, -0.25) is 4.79 Å². The van der Waals surface area contributed by atoms with Crippen molar-refractivity contribution in [1.82, 2.24) is 4.90 Å². The van der Waals surface area contributed by atoms with Gasteiger partial charge in [0.2, 0.25) is 5.91 Å². The van der Waals surface area contributed by atoms with Gasteiger partial charge in [0.25, 0.3) is 0 Å². The topological polar surface area (TPSA) is 46.3 Å². The van der Waals surface area contributed by atoms with Crippen molar-refractivity contribution in [1.29, 1.82) is 0 Å². The van der Waals surface area contributed by atoms with Gasteiger partial charge in [0.05, 0.1) is 0 Å². The van der Waals surface area contributed by atoms with Gasteiger partial charge in [-0.2, -0.15) is 0 Å². The highest BCUT2D eigenvalue weighted by molar-refractivity contribution is 5.78. The molecule has 0 aromatic carbocycles. The minimum Gasteiger partial charge on any atom is -0.343 e. The van der Waals surface area contributed by atoms with Gasteiger partial charge in [-0.15, -0.1) is 0 Å². The van der Waals surface area contributed by atoms with Gasteiger partial charge in [0.1, 0.15) is 0 Å². The van der Waals surface area contributed by atoms with E-state index in [0.717, 1.165) is 19.3 Å². The average Bonchev–Trinajstić information content (AvgIpc) is 2.14. The van der Waals surface area contributed by atoms with Crippen LogP contribution in [0.5, 0.6) is 0 Å². The van der Waals surface area contributed by atoms with Crippen LogP contribution in [-0.2, 0) is 4.79 Å². The van der Waals surface area contributed by atoms with Crippen molar-refractivity contribution in [2.45, 2.75) is 59.0 Å². The van der Waals surface area contributed by atoms with Crippen molar-refractivity contribution < 1.29 is 4.79 Å². The molecule has 0 aliphatic rings. The molecule has 0 rings (SSSR count). The number of rotatable bonds is 6. The first-order valence-electron chi connectivity index (χ1n) is 5.88. The molecule has 0 aliphatic heterocycles. The summed E-state index contributed by atoms with van der Waals surface area (Å²) >= 11 is 0. The van der Waals surface area contributed by atoms with Crippen molar-refractivity contribution in [3.63, 3.8) is 0 Å². The molecule has 0 aromatic heterocycles. The molecule has 3 heteroatoms. The molecule has 2 atom stereocenters. The Bertz CT molecular complexity index is 190. The van der Waals surface area contributed by atoms with Crippen LogP contribution in [-0.4, -0.2) is 29.9 Å². The SMILES string of the molecule is CC(N)CCCC(C)C(=O)N(C)C(C)C. The monoisotopic (exact) mass is 214 g/mol. The Morgan fingerprint density at radius 3 is 2.13 bits per heavy atom. The van der Waals surface area contributed by atoms with Crippen LogP contribution in [0.1, 0.15) is 47.0 Å². The molecule has 0 saturated carbocycles. The van der Waals surface area contributed by atoms with Crippen molar-refractivity contribution in [2.75, 3.05) is 7.05 Å². The Balaban J connectivity index is 3.89. The summed E-state index contributed by atoms with van der Waals surface area (Å²) in [7, 11) is 1.87. The second kappa shape index (κ2) is 6.83. The fourth-order valence-corrected chi connectivity index (χ4v) is 1.47. The zero-order valence-electron chi connectivity index (χ0n) is 10.8. The molecular weight excluding hydrogens is 188 g/mol. The third-order valence-corrected chi connectivity index (χ3v) is 2.84. The first kappa shape index (κ1) is 14.4. The van der Waals surface area contributed by atoms with E-state index < -0.39 is 0 Å². The van der Waals surface area contributed by atoms with Crippen LogP contribution in [0.15, 0.2) is 0 Å². The number of nitrogens with zero attached hydrogens (tertiary/aromatic N) is 1. The summed E-state index contributed by atoms with van der Waals surface area (Å²) in [6, 6.07) is 0.531. The highest BCUT2D eigenvalue weighted by Crippen LogP contribution is 2.12. The van der Waals surface area contributed by atoms with Gasteiger partial charge in [-0.1, -0.05) is 13.3 Å². The molecule has 0 fully saturated rings. The summed E-state index contributed by atoms with van der Waals surface area (Å²) in [5.41, 5.74) is 5.67. The average molecular weight is 214 g/mol. The van der Waals surface area contributed by atoms with E-state index in [0.29, 0.717) is 0 Å². The molecule has 90 valence electrons. The van der Waals surface area contributed by atoms with Gasteiger partial charge in [-0.05, 0) is 33.6 Å². The lowest BCUT2D eigenvalue weighted by Gasteiger charge is -2.25. The van der Waals surface area contributed by atoms with Gasteiger partial charge in [0, 0.05) is 25.0 Å². The molecule has 2 unspecified atom stereocenters. The normalized spacial score (nSPS) is 15.1. The maximum atomic E-state index is 11.9. The second-order valence-electron chi connectivity index (χ2n) is 4.85. The van der Waals surface area contributed by atoms with Crippen LogP contribution in [0.2, 0.25) is 0 Å². The largest absolute Gasteiger partial charge is 0.343 e. The van der Waals surface area contributed by atoms with Gasteiger partial charge in [-0.25, -0.2) is 0 Å². The van der Waals surface area contributed by atoms with Gasteiger partial charge < -0.3 is 10.6 Å². The van der Waals surface area contributed by atoms with E-state index in [9.17, 15) is 4.79 Å². The predicted molar refractivity (Wildman–Crippen MR) is 64.6 cm³/mol. The van der Waals surface area contributed by atoms with Crippen LogP contribution in [0.3, 0.4) is 0 Å². The number of hydrogen-bond donors (Lipinski definition) is 1. The zero-order chi connectivity index (χ0) is 12.0. The van der Waals surface area contributed by atoms with Crippen LogP contribution in [0, 0.1) is 5.92 Å². The maximum Gasteiger partial charge on any atom is 0.225 e. The Hall–Kier alpha value is -0.570. The smallest absolute Gasteiger partial charge is 0.225 e. The molecule has 3 nitrogen and oxygen atoms in total. The first-order chi connectivity index (χ1) is 6.86. The number of carbonyl (C=O) groups excluding carboxylic acids is 1. The van der Waals surface area contributed by atoms with Gasteiger partial charge in [0.15, 0.2) is 0 Å². The van der Waals surface area contributed by atoms with Crippen LogP contribution in [0.4, 0.5) is 0 Å². The first-order valence-corrected chi connectivity index (χ1v) is 5.88. The van der Waals surface area contributed by atoms with E-state index in [2.05, 4.69) is 0 Å². The lowest BCUT2D eigenvalue weighted by molar-refractivity contribution is -0.135. The predicted octanol–water partition coefficient (Wildman–Crippen LogP) is 2.01. The van der Waals surface area contributed by atoms with Crippen molar-refractivity contribution in [2.24, 2.45) is 11.7 Å². The fraction of sp³-hybridized carbons (Fsp3) is 0.917. The molecule has 0 saturated heterocycles. The van der Waals surface area contributed by atoms with E-state index in [1.165, 1.54) is 0 Å². The Labute approximate surface area is 94.0 Å². The van der Waals surface area contributed by atoms with Crippen LogP contribution < -0.4 is 5.73 Å². The fourth-order valence-electron chi connectivity index (χ4n) is 1.47. The molecule has 0 aromatic rings. The van der Waals surface area contributed by atoms with Crippen molar-refractivity contribution in [3.8, 4) is 0 Å². The standard InChI is InChI=1S/C12H26N2O/c1-9(2)14(5)12(15)10(3)7-6-8-11(4)13/h9-11H,6-8,13H2,1-5H3. The quantitative estimate of drug-likeness (QED) is 0.735.